The minimum Gasteiger partial charge on any atom is -0.465 e. The maximum atomic E-state index is 12.7. The van der Waals surface area contributed by atoms with Crippen LogP contribution in [0.3, 0.4) is 0 Å². The molecule has 2 aromatic heterocycles. The van der Waals surface area contributed by atoms with Gasteiger partial charge in [0.15, 0.2) is 5.76 Å². The van der Waals surface area contributed by atoms with Crippen LogP contribution in [0.4, 0.5) is 0 Å². The average Bonchev–Trinajstić information content (AvgIpc) is 3.18. The van der Waals surface area contributed by atoms with E-state index in [0.29, 0.717) is 18.3 Å². The van der Waals surface area contributed by atoms with E-state index in [1.807, 2.05) is 17.2 Å². The highest BCUT2D eigenvalue weighted by Gasteiger charge is 2.31. The summed E-state index contributed by atoms with van der Waals surface area (Å²) in [5.41, 5.74) is 0. The third-order valence-corrected chi connectivity index (χ3v) is 4.46. The van der Waals surface area contributed by atoms with Crippen LogP contribution in [0.1, 0.15) is 47.8 Å². The Balaban J connectivity index is 1.80. The normalized spacial score (nSPS) is 18.7. The molecule has 0 spiro atoms. The van der Waals surface area contributed by atoms with Gasteiger partial charge in [0.1, 0.15) is 5.01 Å². The molecule has 1 aliphatic heterocycles. The predicted octanol–water partition coefficient (Wildman–Crippen LogP) is 3.50. The molecule has 0 bridgehead atoms. The van der Waals surface area contributed by atoms with Crippen molar-refractivity contribution in [2.24, 2.45) is 0 Å². The Kier molecular flexibility index (Phi) is 4.24. The summed E-state index contributed by atoms with van der Waals surface area (Å²) >= 11 is 1.60. The number of aromatic nitrogens is 1. The van der Waals surface area contributed by atoms with E-state index in [1.165, 1.54) is 0 Å². The van der Waals surface area contributed by atoms with Crippen molar-refractivity contribution in [1.29, 1.82) is 0 Å². The number of hydrogen-bond donors (Lipinski definition) is 0. The number of likely N-dealkylation sites (tertiary alicyclic amines) is 1. The van der Waals surface area contributed by atoms with Crippen LogP contribution in [0.2, 0.25) is 0 Å². The quantitative estimate of drug-likeness (QED) is 0.867. The Morgan fingerprint density at radius 1 is 1.52 bits per heavy atom. The Hall–Kier alpha value is -1.82. The number of carbonyl (C=O) groups is 1. The zero-order chi connectivity index (χ0) is 14.7. The molecule has 5 nitrogen and oxygen atoms in total. The van der Waals surface area contributed by atoms with E-state index in [4.69, 9.17) is 9.15 Å². The predicted molar refractivity (Wildman–Crippen MR) is 79.6 cm³/mol. The average molecular weight is 306 g/mol. The molecule has 0 aliphatic carbocycles. The number of hydrogen-bond acceptors (Lipinski definition) is 5. The van der Waals surface area contributed by atoms with Gasteiger partial charge in [-0.15, -0.1) is 11.3 Å². The van der Waals surface area contributed by atoms with E-state index in [2.05, 4.69) is 4.98 Å². The Bertz CT molecular complexity index is 594. The fourth-order valence-electron chi connectivity index (χ4n) is 2.63. The summed E-state index contributed by atoms with van der Waals surface area (Å²) in [4.78, 5) is 18.9. The van der Waals surface area contributed by atoms with Crippen molar-refractivity contribution in [1.82, 2.24) is 9.88 Å². The number of rotatable bonds is 4. The number of nitrogens with zero attached hydrogens (tertiary/aromatic N) is 2. The van der Waals surface area contributed by atoms with Crippen molar-refractivity contribution in [3.05, 3.63) is 34.5 Å². The fraction of sp³-hybridized carbons (Fsp3) is 0.467. The monoisotopic (exact) mass is 306 g/mol. The maximum Gasteiger partial charge on any atom is 0.290 e. The van der Waals surface area contributed by atoms with E-state index in [9.17, 15) is 4.79 Å². The lowest BCUT2D eigenvalue weighted by Crippen LogP contribution is -2.38. The minimum atomic E-state index is -0.0825. The summed E-state index contributed by atoms with van der Waals surface area (Å²) < 4.78 is 10.7. The van der Waals surface area contributed by atoms with Crippen molar-refractivity contribution in [2.75, 3.05) is 13.2 Å². The molecule has 6 heteroatoms. The van der Waals surface area contributed by atoms with Gasteiger partial charge in [-0.1, -0.05) is 0 Å². The molecule has 0 radical (unpaired) electrons. The first-order valence-electron chi connectivity index (χ1n) is 7.22. The molecule has 1 fully saturated rings. The lowest BCUT2D eigenvalue weighted by atomic mass is 10.0. The summed E-state index contributed by atoms with van der Waals surface area (Å²) in [6.07, 6.45) is 4.89. The molecule has 1 aliphatic rings. The molecule has 0 aromatic carbocycles. The van der Waals surface area contributed by atoms with E-state index in [-0.39, 0.29) is 11.9 Å². The van der Waals surface area contributed by atoms with Gasteiger partial charge in [-0.2, -0.15) is 0 Å². The molecular weight excluding hydrogens is 288 g/mol. The van der Waals surface area contributed by atoms with Gasteiger partial charge in [0.25, 0.3) is 11.9 Å². The van der Waals surface area contributed by atoms with Gasteiger partial charge < -0.3 is 14.1 Å². The molecule has 3 rings (SSSR count). The van der Waals surface area contributed by atoms with Gasteiger partial charge >= 0.3 is 0 Å². The first-order chi connectivity index (χ1) is 10.3. The fourth-order valence-corrected chi connectivity index (χ4v) is 3.41. The smallest absolute Gasteiger partial charge is 0.290 e. The molecule has 1 saturated heterocycles. The van der Waals surface area contributed by atoms with Crippen LogP contribution in [0, 0.1) is 0 Å². The summed E-state index contributed by atoms with van der Waals surface area (Å²) in [5.74, 6) is 0.645. The number of thiazole rings is 1. The van der Waals surface area contributed by atoms with E-state index >= 15 is 0 Å². The highest BCUT2D eigenvalue weighted by molar-refractivity contribution is 7.09. The van der Waals surface area contributed by atoms with Gasteiger partial charge in [0, 0.05) is 24.2 Å². The van der Waals surface area contributed by atoms with Gasteiger partial charge in [0.05, 0.1) is 12.6 Å². The number of carbonyl (C=O) groups excluding carboxylic acids is 1. The molecular formula is C15H18N2O3S. The number of furan rings is 1. The Labute approximate surface area is 127 Å². The van der Waals surface area contributed by atoms with Crippen molar-refractivity contribution in [3.8, 4) is 5.95 Å². The molecule has 2 aromatic rings. The molecule has 21 heavy (non-hydrogen) atoms. The van der Waals surface area contributed by atoms with Crippen LogP contribution < -0.4 is 4.74 Å². The second-order valence-corrected chi connectivity index (χ2v) is 5.86. The topological polar surface area (TPSA) is 55.6 Å². The number of amides is 1. The van der Waals surface area contributed by atoms with E-state index < -0.39 is 0 Å². The third-order valence-electron chi connectivity index (χ3n) is 3.58. The van der Waals surface area contributed by atoms with Crippen LogP contribution in [0.5, 0.6) is 5.95 Å². The van der Waals surface area contributed by atoms with E-state index in [1.54, 1.807) is 29.7 Å². The Morgan fingerprint density at radius 2 is 2.43 bits per heavy atom. The van der Waals surface area contributed by atoms with E-state index in [0.717, 1.165) is 30.8 Å². The highest BCUT2D eigenvalue weighted by Crippen LogP contribution is 2.33. The number of piperidine rings is 1. The second-order valence-electron chi connectivity index (χ2n) is 4.93. The minimum absolute atomic E-state index is 0.0619. The molecule has 1 atom stereocenters. The van der Waals surface area contributed by atoms with Crippen LogP contribution >= 0.6 is 11.3 Å². The largest absolute Gasteiger partial charge is 0.465 e. The summed E-state index contributed by atoms with van der Waals surface area (Å²) in [5, 5.41) is 2.95. The zero-order valence-electron chi connectivity index (χ0n) is 11.9. The SMILES string of the molecule is CCOc1ccc(C(=O)N2CCCC[C@@H]2c2nccs2)o1. The highest BCUT2D eigenvalue weighted by atomic mass is 32.1. The van der Waals surface area contributed by atoms with Crippen LogP contribution in [-0.4, -0.2) is 28.9 Å². The Morgan fingerprint density at radius 3 is 3.19 bits per heavy atom. The van der Waals surface area contributed by atoms with Crippen molar-refractivity contribution >= 4 is 17.2 Å². The lowest BCUT2D eigenvalue weighted by Gasteiger charge is -2.33. The van der Waals surface area contributed by atoms with Gasteiger partial charge in [-0.3, -0.25) is 4.79 Å². The summed E-state index contributed by atoms with van der Waals surface area (Å²) in [6.45, 7) is 3.15. The molecule has 0 unspecified atom stereocenters. The summed E-state index contributed by atoms with van der Waals surface area (Å²) in [7, 11) is 0. The summed E-state index contributed by atoms with van der Waals surface area (Å²) in [6, 6.07) is 3.44. The maximum absolute atomic E-state index is 12.7. The van der Waals surface area contributed by atoms with Crippen LogP contribution in [-0.2, 0) is 0 Å². The van der Waals surface area contributed by atoms with Gasteiger partial charge in [0.2, 0.25) is 0 Å². The molecule has 1 amide bonds. The molecule has 112 valence electrons. The zero-order valence-corrected chi connectivity index (χ0v) is 12.8. The van der Waals surface area contributed by atoms with Crippen LogP contribution in [0.25, 0.3) is 0 Å². The molecule has 0 saturated carbocycles. The lowest BCUT2D eigenvalue weighted by molar-refractivity contribution is 0.0571. The first kappa shape index (κ1) is 14.1. The van der Waals surface area contributed by atoms with Crippen molar-refractivity contribution in [2.45, 2.75) is 32.2 Å². The van der Waals surface area contributed by atoms with Crippen molar-refractivity contribution in [3.63, 3.8) is 0 Å². The van der Waals surface area contributed by atoms with Gasteiger partial charge in [-0.25, -0.2) is 4.98 Å². The molecule has 3 heterocycles. The van der Waals surface area contributed by atoms with Crippen molar-refractivity contribution < 1.29 is 13.9 Å². The second kappa shape index (κ2) is 6.30. The number of ether oxygens (including phenoxy) is 1. The van der Waals surface area contributed by atoms with Crippen LogP contribution in [0.15, 0.2) is 28.1 Å². The third kappa shape index (κ3) is 2.95. The molecule has 0 N–H and O–H groups in total. The van der Waals surface area contributed by atoms with Gasteiger partial charge in [-0.05, 0) is 32.3 Å². The first-order valence-corrected chi connectivity index (χ1v) is 8.10. The standard InChI is InChI=1S/C15H18N2O3S/c1-2-19-13-7-6-12(20-13)15(18)17-9-4-3-5-11(17)14-16-8-10-21-14/h6-8,10-11H,2-5,9H2,1H3/t11-/m1/s1.